The number of nitro groups is 1. The van der Waals surface area contributed by atoms with Crippen molar-refractivity contribution in [3.63, 3.8) is 0 Å². The summed E-state index contributed by atoms with van der Waals surface area (Å²) in [6, 6.07) is 9.09. The third kappa shape index (κ3) is 6.05. The molecule has 12 heteroatoms. The number of benzene rings is 2. The van der Waals surface area contributed by atoms with Crippen molar-refractivity contribution in [1.82, 2.24) is 10.6 Å². The van der Waals surface area contributed by atoms with Gasteiger partial charge in [-0.25, -0.2) is 0 Å². The summed E-state index contributed by atoms with van der Waals surface area (Å²) in [7, 11) is 1.54. The number of halogens is 3. The van der Waals surface area contributed by atoms with Crippen LogP contribution in [-0.4, -0.2) is 31.3 Å². The molecule has 3 rings (SSSR count). The monoisotopic (exact) mass is 536 g/mol. The summed E-state index contributed by atoms with van der Waals surface area (Å²) in [4.78, 5) is 14.4. The third-order valence-corrected chi connectivity index (χ3v) is 4.02. The Kier molecular flexibility index (Phi) is 8.38. The molecule has 0 saturated heterocycles. The highest BCUT2D eigenvalue weighted by Crippen LogP contribution is 2.38. The molecule has 1 aliphatic rings. The van der Waals surface area contributed by atoms with Gasteiger partial charge in [0.25, 0.3) is 5.69 Å². The quantitative estimate of drug-likeness (QED) is 0.184. The molecule has 162 valence electrons. The van der Waals surface area contributed by atoms with E-state index in [-0.39, 0.29) is 55.3 Å². The lowest BCUT2D eigenvalue weighted by Gasteiger charge is -2.15. The van der Waals surface area contributed by atoms with Gasteiger partial charge in [-0.3, -0.25) is 15.1 Å². The van der Waals surface area contributed by atoms with Crippen LogP contribution in [0.2, 0.25) is 0 Å². The molecular weight excluding hydrogens is 517 g/mol. The van der Waals surface area contributed by atoms with E-state index >= 15 is 0 Å². The maximum absolute atomic E-state index is 12.7. The van der Waals surface area contributed by atoms with Gasteiger partial charge in [0.1, 0.15) is 5.75 Å². The molecular formula is C18H19F2IN4O5. The molecule has 0 radical (unpaired) electrons. The Hall–Kier alpha value is -2.90. The highest BCUT2D eigenvalue weighted by Gasteiger charge is 2.20. The first-order valence-electron chi connectivity index (χ1n) is 8.51. The van der Waals surface area contributed by atoms with Crippen LogP contribution < -0.4 is 24.8 Å². The maximum atomic E-state index is 12.7. The van der Waals surface area contributed by atoms with Gasteiger partial charge in [0, 0.05) is 43.9 Å². The molecule has 0 aliphatic carbocycles. The zero-order valence-corrected chi connectivity index (χ0v) is 18.1. The Bertz CT molecular complexity index is 929. The highest BCUT2D eigenvalue weighted by molar-refractivity contribution is 14.0. The zero-order chi connectivity index (χ0) is 20.8. The molecule has 0 bridgehead atoms. The van der Waals surface area contributed by atoms with Gasteiger partial charge in [-0.1, -0.05) is 12.1 Å². The molecule has 0 amide bonds. The first kappa shape index (κ1) is 23.4. The Labute approximate surface area is 187 Å². The van der Waals surface area contributed by atoms with Gasteiger partial charge in [0.05, 0.1) is 4.92 Å². The fraction of sp³-hybridized carbons (Fsp3) is 0.278. The highest BCUT2D eigenvalue weighted by atomic mass is 127. The number of guanidine groups is 1. The number of aliphatic imine (C=N–C) groups is 1. The van der Waals surface area contributed by atoms with Crippen LogP contribution in [0.3, 0.4) is 0 Å². The lowest BCUT2D eigenvalue weighted by Crippen LogP contribution is -2.36. The molecule has 0 aromatic heterocycles. The first-order valence-corrected chi connectivity index (χ1v) is 8.51. The molecule has 30 heavy (non-hydrogen) atoms. The van der Waals surface area contributed by atoms with Crippen molar-refractivity contribution in [3.05, 3.63) is 57.6 Å². The van der Waals surface area contributed by atoms with Crippen molar-refractivity contribution in [2.75, 3.05) is 13.8 Å². The Morgan fingerprint density at radius 1 is 1.23 bits per heavy atom. The topological polar surface area (TPSA) is 107 Å². The molecule has 1 aliphatic heterocycles. The zero-order valence-electron chi connectivity index (χ0n) is 15.8. The summed E-state index contributed by atoms with van der Waals surface area (Å²) in [5.74, 6) is 1.10. The summed E-state index contributed by atoms with van der Waals surface area (Å²) in [5, 5.41) is 16.8. The summed E-state index contributed by atoms with van der Waals surface area (Å²) >= 11 is 0. The minimum absolute atomic E-state index is 0. The molecule has 0 spiro atoms. The molecule has 2 N–H and O–H groups in total. The van der Waals surface area contributed by atoms with E-state index in [1.807, 2.05) is 0 Å². The van der Waals surface area contributed by atoms with E-state index in [1.54, 1.807) is 25.2 Å². The number of hydrogen-bond donors (Lipinski definition) is 2. The third-order valence-electron chi connectivity index (χ3n) is 4.02. The number of nitrogens with zero attached hydrogens (tertiary/aromatic N) is 2. The van der Waals surface area contributed by atoms with Gasteiger partial charge in [0.15, 0.2) is 17.5 Å². The smallest absolute Gasteiger partial charge is 0.387 e. The number of non-ortho nitro benzene ring substituents is 1. The number of fused-ring (bicyclic) bond motifs is 1. The van der Waals surface area contributed by atoms with Crippen LogP contribution in [0.15, 0.2) is 41.4 Å². The largest absolute Gasteiger partial charge is 0.454 e. The molecule has 9 nitrogen and oxygen atoms in total. The van der Waals surface area contributed by atoms with Gasteiger partial charge in [-0.05, 0) is 11.6 Å². The molecule has 2 aromatic rings. The van der Waals surface area contributed by atoms with Crippen LogP contribution in [0.4, 0.5) is 14.5 Å². The second-order valence-corrected chi connectivity index (χ2v) is 5.90. The predicted molar refractivity (Wildman–Crippen MR) is 115 cm³/mol. The number of ether oxygens (including phenoxy) is 3. The molecule has 2 aromatic carbocycles. The van der Waals surface area contributed by atoms with E-state index in [2.05, 4.69) is 20.4 Å². The first-order chi connectivity index (χ1) is 14.0. The van der Waals surface area contributed by atoms with Crippen LogP contribution in [-0.2, 0) is 13.1 Å². The number of alkyl halides is 2. The Balaban J connectivity index is 0.00000320. The fourth-order valence-electron chi connectivity index (χ4n) is 2.67. The summed E-state index contributed by atoms with van der Waals surface area (Å²) in [6.07, 6.45) is 0. The average molecular weight is 536 g/mol. The fourth-order valence-corrected chi connectivity index (χ4v) is 2.67. The molecule has 0 atom stereocenters. The lowest BCUT2D eigenvalue weighted by atomic mass is 10.1. The van der Waals surface area contributed by atoms with Gasteiger partial charge in [-0.2, -0.15) is 8.78 Å². The van der Waals surface area contributed by atoms with Crippen LogP contribution in [0.25, 0.3) is 0 Å². The van der Waals surface area contributed by atoms with E-state index in [9.17, 15) is 18.9 Å². The minimum Gasteiger partial charge on any atom is -0.454 e. The Morgan fingerprint density at radius 3 is 2.60 bits per heavy atom. The van der Waals surface area contributed by atoms with Crippen LogP contribution >= 0.6 is 24.0 Å². The molecule has 0 unspecified atom stereocenters. The van der Waals surface area contributed by atoms with E-state index < -0.39 is 11.5 Å². The SMILES string of the molecule is CN=C(NCc1cccc([N+](=O)[O-])c1)NCc1cc2c(cc1OC(F)F)OCO2.I. The van der Waals surface area contributed by atoms with Crippen LogP contribution in [0.5, 0.6) is 17.2 Å². The molecule has 0 fully saturated rings. The van der Waals surface area contributed by atoms with E-state index in [4.69, 9.17) is 9.47 Å². The van der Waals surface area contributed by atoms with Gasteiger partial charge in [-0.15, -0.1) is 24.0 Å². The van der Waals surface area contributed by atoms with Crippen molar-refractivity contribution in [3.8, 4) is 17.2 Å². The number of hydrogen-bond acceptors (Lipinski definition) is 6. The van der Waals surface area contributed by atoms with Gasteiger partial charge >= 0.3 is 6.61 Å². The van der Waals surface area contributed by atoms with E-state index in [1.165, 1.54) is 18.2 Å². The van der Waals surface area contributed by atoms with E-state index in [0.717, 1.165) is 0 Å². The molecule has 0 saturated carbocycles. The summed E-state index contributed by atoms with van der Waals surface area (Å²) in [5.41, 5.74) is 1.10. The van der Waals surface area contributed by atoms with Gasteiger partial charge in [0.2, 0.25) is 6.79 Å². The lowest BCUT2D eigenvalue weighted by molar-refractivity contribution is -0.384. The van der Waals surface area contributed by atoms with Crippen LogP contribution in [0.1, 0.15) is 11.1 Å². The summed E-state index contributed by atoms with van der Waals surface area (Å²) < 4.78 is 40.5. The number of rotatable bonds is 7. The van der Waals surface area contributed by atoms with Crippen molar-refractivity contribution in [2.45, 2.75) is 19.7 Å². The standard InChI is InChI=1S/C18H18F2N4O5.HI/c1-21-18(22-8-11-3-2-4-13(5-11)24(25)26)23-9-12-6-15-16(28-10-27-15)7-14(12)29-17(19)20;/h2-7,17H,8-10H2,1H3,(H2,21,22,23);1H. The number of nitrogens with one attached hydrogen (secondary N) is 2. The van der Waals surface area contributed by atoms with Gasteiger partial charge < -0.3 is 24.8 Å². The normalized spacial score (nSPS) is 12.3. The predicted octanol–water partition coefficient (Wildman–Crippen LogP) is 3.41. The maximum Gasteiger partial charge on any atom is 0.387 e. The van der Waals surface area contributed by atoms with Crippen molar-refractivity contribution >= 4 is 35.6 Å². The number of nitro benzene ring substituents is 1. The second-order valence-electron chi connectivity index (χ2n) is 5.90. The van der Waals surface area contributed by atoms with E-state index in [0.29, 0.717) is 28.6 Å². The average Bonchev–Trinajstić information content (AvgIpc) is 3.15. The molecule has 1 heterocycles. The Morgan fingerprint density at radius 2 is 1.93 bits per heavy atom. The van der Waals surface area contributed by atoms with Crippen LogP contribution in [0, 0.1) is 10.1 Å². The van der Waals surface area contributed by atoms with Crippen molar-refractivity contribution < 1.29 is 27.9 Å². The summed E-state index contributed by atoms with van der Waals surface area (Å²) in [6.45, 7) is -2.58. The van der Waals surface area contributed by atoms with Crippen molar-refractivity contribution in [2.24, 2.45) is 4.99 Å². The van der Waals surface area contributed by atoms with Crippen molar-refractivity contribution in [1.29, 1.82) is 0 Å². The second kappa shape index (κ2) is 10.8. The minimum atomic E-state index is -2.99.